The molecule has 4 heteroatoms. The summed E-state index contributed by atoms with van der Waals surface area (Å²) < 4.78 is 0. The Hall–Kier alpha value is -1.06. The van der Waals surface area contributed by atoms with Gasteiger partial charge in [0.25, 0.3) is 0 Å². The minimum atomic E-state index is -0.837. The maximum absolute atomic E-state index is 11.7. The molecule has 3 atom stereocenters. The standard InChI is InChI=1S/C13H23NO3/c1-9(8-13(16)17)7-12(15)14-11-6-4-3-5-10(11)2/h9-11H,3-8H2,1-2H3,(H,14,15)(H,16,17). The van der Waals surface area contributed by atoms with E-state index in [2.05, 4.69) is 12.2 Å². The van der Waals surface area contributed by atoms with Crippen molar-refractivity contribution in [2.24, 2.45) is 11.8 Å². The van der Waals surface area contributed by atoms with Crippen LogP contribution < -0.4 is 5.32 Å². The number of carboxylic acid groups (broad SMARTS) is 1. The van der Waals surface area contributed by atoms with Crippen LogP contribution in [0, 0.1) is 11.8 Å². The summed E-state index contributed by atoms with van der Waals surface area (Å²) in [6, 6.07) is 0.285. The second-order valence-corrected chi connectivity index (χ2v) is 5.34. The van der Waals surface area contributed by atoms with E-state index in [4.69, 9.17) is 5.11 Å². The minimum absolute atomic E-state index is 0.00231. The highest BCUT2D eigenvalue weighted by atomic mass is 16.4. The molecular weight excluding hydrogens is 218 g/mol. The molecule has 2 N–H and O–H groups in total. The third kappa shape index (κ3) is 5.20. The van der Waals surface area contributed by atoms with Crippen LogP contribution in [0.2, 0.25) is 0 Å². The van der Waals surface area contributed by atoms with Crippen molar-refractivity contribution in [3.8, 4) is 0 Å². The summed E-state index contributed by atoms with van der Waals surface area (Å²) in [5.74, 6) is -0.386. The molecule has 1 amide bonds. The Balaban J connectivity index is 2.30. The number of carboxylic acids is 1. The van der Waals surface area contributed by atoms with Gasteiger partial charge in [-0.2, -0.15) is 0 Å². The molecule has 0 heterocycles. The monoisotopic (exact) mass is 241 g/mol. The third-order valence-corrected chi connectivity index (χ3v) is 3.51. The lowest BCUT2D eigenvalue weighted by molar-refractivity contribution is -0.138. The van der Waals surface area contributed by atoms with Crippen molar-refractivity contribution in [1.29, 1.82) is 0 Å². The molecule has 0 aromatic rings. The summed E-state index contributed by atoms with van der Waals surface area (Å²) in [6.45, 7) is 3.97. The van der Waals surface area contributed by atoms with E-state index >= 15 is 0 Å². The van der Waals surface area contributed by atoms with Gasteiger partial charge in [0.15, 0.2) is 0 Å². The first-order valence-electron chi connectivity index (χ1n) is 6.50. The van der Waals surface area contributed by atoms with Gasteiger partial charge < -0.3 is 10.4 Å². The van der Waals surface area contributed by atoms with E-state index in [-0.39, 0.29) is 24.3 Å². The maximum atomic E-state index is 11.7. The molecule has 1 aliphatic carbocycles. The predicted molar refractivity (Wildman–Crippen MR) is 65.6 cm³/mol. The number of carbonyl (C=O) groups excluding carboxylic acids is 1. The van der Waals surface area contributed by atoms with Gasteiger partial charge in [0.05, 0.1) is 0 Å². The zero-order valence-electron chi connectivity index (χ0n) is 10.7. The summed E-state index contributed by atoms with van der Waals surface area (Å²) in [5, 5.41) is 11.7. The fraction of sp³-hybridized carbons (Fsp3) is 0.846. The number of nitrogens with one attached hydrogen (secondary N) is 1. The number of hydrogen-bond acceptors (Lipinski definition) is 2. The number of rotatable bonds is 5. The second kappa shape index (κ2) is 6.62. The van der Waals surface area contributed by atoms with Gasteiger partial charge in [0.2, 0.25) is 5.91 Å². The summed E-state index contributed by atoms with van der Waals surface area (Å²) in [4.78, 5) is 22.2. The molecule has 1 saturated carbocycles. The van der Waals surface area contributed by atoms with Gasteiger partial charge in [0.1, 0.15) is 0 Å². The van der Waals surface area contributed by atoms with E-state index in [1.807, 2.05) is 0 Å². The number of carbonyl (C=O) groups is 2. The van der Waals surface area contributed by atoms with E-state index in [1.54, 1.807) is 6.92 Å². The summed E-state index contributed by atoms with van der Waals surface area (Å²) in [6.07, 6.45) is 5.04. The Bertz CT molecular complexity index is 278. The van der Waals surface area contributed by atoms with Crippen molar-refractivity contribution >= 4 is 11.9 Å². The molecule has 4 nitrogen and oxygen atoms in total. The van der Waals surface area contributed by atoms with Gasteiger partial charge in [0, 0.05) is 18.9 Å². The van der Waals surface area contributed by atoms with E-state index in [9.17, 15) is 9.59 Å². The van der Waals surface area contributed by atoms with Crippen LogP contribution in [-0.4, -0.2) is 23.0 Å². The molecule has 98 valence electrons. The van der Waals surface area contributed by atoms with Crippen molar-refractivity contribution in [1.82, 2.24) is 5.32 Å². The van der Waals surface area contributed by atoms with Crippen molar-refractivity contribution < 1.29 is 14.7 Å². The third-order valence-electron chi connectivity index (χ3n) is 3.51. The van der Waals surface area contributed by atoms with Gasteiger partial charge >= 0.3 is 5.97 Å². The largest absolute Gasteiger partial charge is 0.481 e. The van der Waals surface area contributed by atoms with E-state index in [1.165, 1.54) is 19.3 Å². The first kappa shape index (κ1) is 14.0. The van der Waals surface area contributed by atoms with Gasteiger partial charge in [-0.25, -0.2) is 0 Å². The normalized spacial score (nSPS) is 26.2. The van der Waals surface area contributed by atoms with E-state index in [0.717, 1.165) is 6.42 Å². The molecule has 17 heavy (non-hydrogen) atoms. The first-order chi connectivity index (χ1) is 7.99. The highest BCUT2D eigenvalue weighted by Gasteiger charge is 2.23. The van der Waals surface area contributed by atoms with Gasteiger partial charge in [-0.05, 0) is 24.7 Å². The van der Waals surface area contributed by atoms with Crippen molar-refractivity contribution in [3.63, 3.8) is 0 Å². The molecule has 0 aliphatic heterocycles. The fourth-order valence-corrected chi connectivity index (χ4v) is 2.48. The summed E-state index contributed by atoms with van der Waals surface area (Å²) >= 11 is 0. The summed E-state index contributed by atoms with van der Waals surface area (Å²) in [7, 11) is 0. The molecular formula is C13H23NO3. The fourth-order valence-electron chi connectivity index (χ4n) is 2.48. The SMILES string of the molecule is CC(CC(=O)O)CC(=O)NC1CCCCC1C. The van der Waals surface area contributed by atoms with Crippen LogP contribution in [0.3, 0.4) is 0 Å². The second-order valence-electron chi connectivity index (χ2n) is 5.34. The minimum Gasteiger partial charge on any atom is -0.481 e. The molecule has 1 fully saturated rings. The van der Waals surface area contributed by atoms with Crippen molar-refractivity contribution in [3.05, 3.63) is 0 Å². The molecule has 1 aliphatic rings. The highest BCUT2D eigenvalue weighted by molar-refractivity contribution is 5.77. The number of aliphatic carboxylic acids is 1. The van der Waals surface area contributed by atoms with E-state index < -0.39 is 5.97 Å². The van der Waals surface area contributed by atoms with Crippen LogP contribution in [0.1, 0.15) is 52.4 Å². The number of amides is 1. The molecule has 0 saturated heterocycles. The Kier molecular flexibility index (Phi) is 5.45. The molecule has 1 rings (SSSR count). The zero-order chi connectivity index (χ0) is 12.8. The lowest BCUT2D eigenvalue weighted by Gasteiger charge is -2.29. The van der Waals surface area contributed by atoms with Crippen LogP contribution in [-0.2, 0) is 9.59 Å². The first-order valence-corrected chi connectivity index (χ1v) is 6.50. The summed E-state index contributed by atoms with van der Waals surface area (Å²) in [5.41, 5.74) is 0. The quantitative estimate of drug-likeness (QED) is 0.775. The van der Waals surface area contributed by atoms with Crippen LogP contribution in [0.4, 0.5) is 0 Å². The Morgan fingerprint density at radius 2 is 1.94 bits per heavy atom. The topological polar surface area (TPSA) is 66.4 Å². The Labute approximate surface area is 103 Å². The molecule has 0 bridgehead atoms. The lowest BCUT2D eigenvalue weighted by Crippen LogP contribution is -2.41. The molecule has 0 spiro atoms. The van der Waals surface area contributed by atoms with Crippen molar-refractivity contribution in [2.75, 3.05) is 0 Å². The van der Waals surface area contributed by atoms with Gasteiger partial charge in [-0.1, -0.05) is 26.7 Å². The lowest BCUT2D eigenvalue weighted by atomic mass is 9.86. The van der Waals surface area contributed by atoms with Crippen molar-refractivity contribution in [2.45, 2.75) is 58.4 Å². The van der Waals surface area contributed by atoms with Crippen LogP contribution in [0.25, 0.3) is 0 Å². The maximum Gasteiger partial charge on any atom is 0.303 e. The molecule has 0 aromatic heterocycles. The Morgan fingerprint density at radius 1 is 1.29 bits per heavy atom. The average molecular weight is 241 g/mol. The average Bonchev–Trinajstić information content (AvgIpc) is 2.19. The Morgan fingerprint density at radius 3 is 2.53 bits per heavy atom. The number of hydrogen-bond donors (Lipinski definition) is 2. The van der Waals surface area contributed by atoms with Crippen LogP contribution in [0.15, 0.2) is 0 Å². The zero-order valence-corrected chi connectivity index (χ0v) is 10.7. The molecule has 0 aromatic carbocycles. The van der Waals surface area contributed by atoms with Crippen LogP contribution >= 0.6 is 0 Å². The van der Waals surface area contributed by atoms with Gasteiger partial charge in [-0.3, -0.25) is 9.59 Å². The smallest absolute Gasteiger partial charge is 0.303 e. The van der Waals surface area contributed by atoms with Gasteiger partial charge in [-0.15, -0.1) is 0 Å². The molecule has 0 radical (unpaired) electrons. The van der Waals surface area contributed by atoms with E-state index in [0.29, 0.717) is 12.3 Å². The predicted octanol–water partition coefficient (Wildman–Crippen LogP) is 2.18. The molecule has 3 unspecified atom stereocenters. The van der Waals surface area contributed by atoms with Crippen LogP contribution in [0.5, 0.6) is 0 Å². The highest BCUT2D eigenvalue weighted by Crippen LogP contribution is 2.24.